The fraction of sp³-hybridized carbons (Fsp3) is 0.611. The van der Waals surface area contributed by atoms with Gasteiger partial charge in [0.05, 0.1) is 5.56 Å². The Bertz CT molecular complexity index is 605. The lowest BCUT2D eigenvalue weighted by Gasteiger charge is -2.56. The molecule has 4 rings (SSSR count). The van der Waals surface area contributed by atoms with Crippen molar-refractivity contribution in [3.8, 4) is 5.75 Å². The van der Waals surface area contributed by atoms with Gasteiger partial charge in [0.15, 0.2) is 5.78 Å². The molecule has 2 bridgehead atoms. The van der Waals surface area contributed by atoms with Gasteiger partial charge < -0.3 is 10.4 Å². The summed E-state index contributed by atoms with van der Waals surface area (Å²) in [7, 11) is 0. The lowest BCUT2D eigenvalue weighted by atomic mass is 9.52. The Hall–Kier alpha value is -1.35. The van der Waals surface area contributed by atoms with Gasteiger partial charge in [-0.2, -0.15) is 0 Å². The van der Waals surface area contributed by atoms with Gasteiger partial charge in [-0.05, 0) is 62.3 Å². The third-order valence-electron chi connectivity index (χ3n) is 6.18. The number of hydrogen-bond acceptors (Lipinski definition) is 3. The minimum atomic E-state index is -0.0447. The number of hydrogen-bond donors (Lipinski definition) is 2. The minimum Gasteiger partial charge on any atom is -0.507 e. The molecule has 3 atom stereocenters. The number of Topliss-reactive ketones (excluding diaryl/α,β-unsaturated/α-hetero) is 1. The van der Waals surface area contributed by atoms with Gasteiger partial charge in [0.1, 0.15) is 5.75 Å². The minimum absolute atomic E-state index is 0.0447. The Morgan fingerprint density at radius 1 is 1.33 bits per heavy atom. The standard InChI is InChI=1S/C18H23NO2/c1-11(20)12-5-6-14-13(17(12)21)10-16-15-4-2-3-7-18(14,15)8-9-19-16/h5-6,15-16,19,21H,2-4,7-10H2,1H3/t15-,16+,18-/m0/s1. The van der Waals surface area contributed by atoms with Crippen molar-refractivity contribution in [1.82, 2.24) is 5.32 Å². The van der Waals surface area contributed by atoms with Crippen LogP contribution in [0.3, 0.4) is 0 Å². The maximum atomic E-state index is 11.7. The molecule has 1 saturated heterocycles. The molecular weight excluding hydrogens is 262 g/mol. The summed E-state index contributed by atoms with van der Waals surface area (Å²) in [6.07, 6.45) is 7.19. The number of aromatic hydroxyl groups is 1. The Balaban J connectivity index is 1.92. The van der Waals surface area contributed by atoms with Crippen LogP contribution in [0.4, 0.5) is 0 Å². The predicted molar refractivity (Wildman–Crippen MR) is 81.9 cm³/mol. The summed E-state index contributed by atoms with van der Waals surface area (Å²) < 4.78 is 0. The second-order valence-corrected chi connectivity index (χ2v) is 7.07. The molecule has 0 unspecified atom stereocenters. The number of phenols is 1. The highest BCUT2D eigenvalue weighted by Crippen LogP contribution is 2.55. The first-order valence-corrected chi connectivity index (χ1v) is 8.23. The van der Waals surface area contributed by atoms with Crippen LogP contribution in [-0.2, 0) is 11.8 Å². The molecule has 3 aliphatic rings. The third-order valence-corrected chi connectivity index (χ3v) is 6.18. The molecule has 3 nitrogen and oxygen atoms in total. The molecule has 0 radical (unpaired) electrons. The van der Waals surface area contributed by atoms with Crippen molar-refractivity contribution in [1.29, 1.82) is 0 Å². The van der Waals surface area contributed by atoms with Gasteiger partial charge in [0.2, 0.25) is 0 Å². The number of ketones is 1. The summed E-state index contributed by atoms with van der Waals surface area (Å²) in [5, 5.41) is 14.3. The summed E-state index contributed by atoms with van der Waals surface area (Å²) in [5.41, 5.74) is 3.11. The van der Waals surface area contributed by atoms with Crippen molar-refractivity contribution >= 4 is 5.78 Å². The van der Waals surface area contributed by atoms with Crippen molar-refractivity contribution in [2.75, 3.05) is 6.54 Å². The average molecular weight is 285 g/mol. The van der Waals surface area contributed by atoms with E-state index in [-0.39, 0.29) is 16.9 Å². The van der Waals surface area contributed by atoms with Crippen LogP contribution < -0.4 is 5.32 Å². The van der Waals surface area contributed by atoms with Gasteiger partial charge in [-0.1, -0.05) is 18.9 Å². The van der Waals surface area contributed by atoms with Gasteiger partial charge in [0.25, 0.3) is 0 Å². The second-order valence-electron chi connectivity index (χ2n) is 7.07. The van der Waals surface area contributed by atoms with Crippen LogP contribution in [0.15, 0.2) is 12.1 Å². The monoisotopic (exact) mass is 285 g/mol. The largest absolute Gasteiger partial charge is 0.507 e. The topological polar surface area (TPSA) is 49.3 Å². The second kappa shape index (κ2) is 4.57. The summed E-state index contributed by atoms with van der Waals surface area (Å²) in [4.78, 5) is 11.7. The molecule has 0 amide bonds. The number of carbonyl (C=O) groups is 1. The molecule has 0 spiro atoms. The fourth-order valence-electron chi connectivity index (χ4n) is 5.28. The van der Waals surface area contributed by atoms with Crippen molar-refractivity contribution in [2.45, 2.75) is 56.9 Å². The fourth-order valence-corrected chi connectivity index (χ4v) is 5.28. The van der Waals surface area contributed by atoms with Crippen LogP contribution in [0, 0.1) is 5.92 Å². The van der Waals surface area contributed by atoms with E-state index in [0.717, 1.165) is 18.5 Å². The van der Waals surface area contributed by atoms with Gasteiger partial charge in [-0.25, -0.2) is 0 Å². The van der Waals surface area contributed by atoms with E-state index < -0.39 is 0 Å². The molecule has 1 heterocycles. The van der Waals surface area contributed by atoms with Crippen molar-refractivity contribution in [3.05, 3.63) is 28.8 Å². The molecule has 2 N–H and O–H groups in total. The Morgan fingerprint density at radius 2 is 2.19 bits per heavy atom. The van der Waals surface area contributed by atoms with E-state index in [1.54, 1.807) is 0 Å². The quantitative estimate of drug-likeness (QED) is 0.780. The van der Waals surface area contributed by atoms with E-state index in [1.807, 2.05) is 6.07 Å². The highest BCUT2D eigenvalue weighted by atomic mass is 16.3. The molecule has 2 aliphatic carbocycles. The zero-order chi connectivity index (χ0) is 14.6. The van der Waals surface area contributed by atoms with Crippen LogP contribution >= 0.6 is 0 Å². The van der Waals surface area contributed by atoms with Crippen LogP contribution in [-0.4, -0.2) is 23.5 Å². The van der Waals surface area contributed by atoms with Crippen LogP contribution in [0.25, 0.3) is 0 Å². The van der Waals surface area contributed by atoms with Gasteiger partial charge >= 0.3 is 0 Å². The molecule has 21 heavy (non-hydrogen) atoms. The first-order chi connectivity index (χ1) is 10.1. The number of piperidine rings is 1. The number of nitrogens with one attached hydrogen (secondary N) is 1. The normalized spacial score (nSPS) is 34.0. The number of carbonyl (C=O) groups excluding carboxylic acids is 1. The van der Waals surface area contributed by atoms with Crippen LogP contribution in [0.1, 0.15) is 60.5 Å². The first-order valence-electron chi connectivity index (χ1n) is 8.23. The third kappa shape index (κ3) is 1.73. The molecule has 1 saturated carbocycles. The van der Waals surface area contributed by atoms with E-state index in [9.17, 15) is 9.90 Å². The van der Waals surface area contributed by atoms with Crippen LogP contribution in [0.2, 0.25) is 0 Å². The lowest BCUT2D eigenvalue weighted by molar-refractivity contribution is 0.0786. The Labute approximate surface area is 125 Å². The molecule has 1 aliphatic heterocycles. The molecular formula is C18H23NO2. The molecule has 3 heteroatoms. The number of phenolic OH excluding ortho intramolecular Hbond substituents is 1. The van der Waals surface area contributed by atoms with E-state index in [0.29, 0.717) is 17.5 Å². The highest BCUT2D eigenvalue weighted by molar-refractivity contribution is 5.97. The number of rotatable bonds is 1. The van der Waals surface area contributed by atoms with Crippen LogP contribution in [0.5, 0.6) is 5.75 Å². The Kier molecular flexibility index (Phi) is 2.90. The summed E-state index contributed by atoms with van der Waals surface area (Å²) >= 11 is 0. The zero-order valence-electron chi connectivity index (χ0n) is 12.6. The van der Waals surface area contributed by atoms with E-state index in [1.165, 1.54) is 44.6 Å². The summed E-state index contributed by atoms with van der Waals surface area (Å²) in [6.45, 7) is 2.61. The van der Waals surface area contributed by atoms with E-state index in [2.05, 4.69) is 11.4 Å². The average Bonchev–Trinajstić information content (AvgIpc) is 2.48. The number of benzene rings is 1. The zero-order valence-corrected chi connectivity index (χ0v) is 12.6. The molecule has 1 aromatic rings. The summed E-state index contributed by atoms with van der Waals surface area (Å²) in [5.74, 6) is 0.906. The molecule has 112 valence electrons. The van der Waals surface area contributed by atoms with Gasteiger partial charge in [-0.15, -0.1) is 0 Å². The van der Waals surface area contributed by atoms with E-state index >= 15 is 0 Å². The number of fused-ring (bicyclic) bond motifs is 1. The predicted octanol–water partition coefficient (Wildman–Crippen LogP) is 2.94. The molecule has 0 aromatic heterocycles. The van der Waals surface area contributed by atoms with Gasteiger partial charge in [-0.3, -0.25) is 4.79 Å². The highest BCUT2D eigenvalue weighted by Gasteiger charge is 2.52. The van der Waals surface area contributed by atoms with E-state index in [4.69, 9.17) is 0 Å². The van der Waals surface area contributed by atoms with Crippen molar-refractivity contribution in [2.24, 2.45) is 5.92 Å². The first kappa shape index (κ1) is 13.3. The smallest absolute Gasteiger partial charge is 0.163 e. The maximum absolute atomic E-state index is 11.7. The SMILES string of the molecule is CC(=O)c1ccc2c(c1O)C[C@H]1NCC[C@@]23CCCC[C@@H]13. The van der Waals surface area contributed by atoms with Crippen molar-refractivity contribution < 1.29 is 9.90 Å². The molecule has 2 fully saturated rings. The molecule has 1 aromatic carbocycles. The van der Waals surface area contributed by atoms with Crippen molar-refractivity contribution in [3.63, 3.8) is 0 Å². The lowest BCUT2D eigenvalue weighted by Crippen LogP contribution is -2.59. The summed E-state index contributed by atoms with van der Waals surface area (Å²) in [6, 6.07) is 4.46. The van der Waals surface area contributed by atoms with Gasteiger partial charge in [0, 0.05) is 11.5 Å². The Morgan fingerprint density at radius 3 is 3.00 bits per heavy atom. The maximum Gasteiger partial charge on any atom is 0.163 e.